The second-order valence-corrected chi connectivity index (χ2v) is 4.86. The molecule has 0 fully saturated rings. The first-order valence-corrected chi connectivity index (χ1v) is 6.76. The average molecular weight is 294 g/mol. The van der Waals surface area contributed by atoms with Gasteiger partial charge in [0.1, 0.15) is 5.82 Å². The third kappa shape index (κ3) is 3.77. The Morgan fingerprint density at radius 1 is 1.40 bits per heavy atom. The Labute approximate surface area is 121 Å². The molecular weight excluding hydrogens is 278 g/mol. The largest absolute Gasteiger partial charge is 0.370 e. The lowest BCUT2D eigenvalue weighted by molar-refractivity contribution is 0.688. The van der Waals surface area contributed by atoms with Gasteiger partial charge in [0.05, 0.1) is 17.8 Å². The minimum atomic E-state index is -0.373. The highest BCUT2D eigenvalue weighted by Gasteiger charge is 2.05. The van der Waals surface area contributed by atoms with Crippen LogP contribution in [0.25, 0.3) is 0 Å². The van der Waals surface area contributed by atoms with Gasteiger partial charge in [0.25, 0.3) is 0 Å². The molecule has 0 aliphatic carbocycles. The van der Waals surface area contributed by atoms with E-state index in [0.717, 1.165) is 24.5 Å². The number of aryl methyl sites for hydroxylation is 1. The van der Waals surface area contributed by atoms with E-state index in [0.29, 0.717) is 10.8 Å². The van der Waals surface area contributed by atoms with Gasteiger partial charge < -0.3 is 5.32 Å². The fraction of sp³-hybridized carbons (Fsp3) is 0.385. The molecule has 2 heterocycles. The summed E-state index contributed by atoms with van der Waals surface area (Å²) in [6.45, 7) is 5.06. The molecule has 7 heteroatoms. The molecule has 2 rings (SSSR count). The van der Waals surface area contributed by atoms with Crippen LogP contribution in [0.15, 0.2) is 23.3 Å². The van der Waals surface area contributed by atoms with Crippen LogP contribution in [0.5, 0.6) is 0 Å². The van der Waals surface area contributed by atoms with E-state index in [-0.39, 0.29) is 12.2 Å². The number of rotatable bonds is 5. The van der Waals surface area contributed by atoms with E-state index in [1.165, 1.54) is 17.0 Å². The first kappa shape index (κ1) is 14.5. The van der Waals surface area contributed by atoms with Crippen LogP contribution in [0.1, 0.15) is 24.9 Å². The van der Waals surface area contributed by atoms with Crippen LogP contribution in [-0.4, -0.2) is 26.1 Å². The van der Waals surface area contributed by atoms with E-state index in [1.54, 1.807) is 0 Å². The predicted molar refractivity (Wildman–Crippen MR) is 78.2 cm³/mol. The molecule has 0 amide bonds. The van der Waals surface area contributed by atoms with Crippen LogP contribution in [0.2, 0.25) is 5.02 Å². The molecule has 0 aliphatic heterocycles. The van der Waals surface area contributed by atoms with E-state index < -0.39 is 0 Å². The summed E-state index contributed by atoms with van der Waals surface area (Å²) in [6.07, 6.45) is 3.86. The van der Waals surface area contributed by atoms with Gasteiger partial charge in [0.15, 0.2) is 5.82 Å². The summed E-state index contributed by atoms with van der Waals surface area (Å²) >= 11 is 5.84. The second kappa shape index (κ2) is 6.47. The average Bonchev–Trinajstić information content (AvgIpc) is 2.40. The number of nitrogens with one attached hydrogen (secondary N) is 1. The number of hydrogen-bond donors (Lipinski definition) is 1. The maximum Gasteiger partial charge on any atom is 0.348 e. The second-order valence-electron chi connectivity index (χ2n) is 4.42. The number of anilines is 1. The molecule has 0 unspecified atom stereocenters. The van der Waals surface area contributed by atoms with Crippen molar-refractivity contribution in [2.75, 3.05) is 11.9 Å². The molecule has 0 aromatic carbocycles. The van der Waals surface area contributed by atoms with Crippen molar-refractivity contribution >= 4 is 17.4 Å². The third-order valence-electron chi connectivity index (χ3n) is 2.59. The van der Waals surface area contributed by atoms with Gasteiger partial charge in [0, 0.05) is 24.5 Å². The number of nitrogens with zero attached hydrogens (tertiary/aromatic N) is 4. The van der Waals surface area contributed by atoms with Crippen molar-refractivity contribution in [1.82, 2.24) is 19.5 Å². The smallest absolute Gasteiger partial charge is 0.348 e. The summed E-state index contributed by atoms with van der Waals surface area (Å²) in [4.78, 5) is 24.0. The first-order valence-electron chi connectivity index (χ1n) is 6.39. The number of halogens is 1. The molecule has 0 bridgehead atoms. The minimum absolute atomic E-state index is 0.245. The monoisotopic (exact) mass is 293 g/mol. The quantitative estimate of drug-likeness (QED) is 0.911. The molecule has 0 radical (unpaired) electrons. The Morgan fingerprint density at radius 3 is 2.95 bits per heavy atom. The molecule has 2 aromatic rings. The molecule has 0 saturated heterocycles. The highest BCUT2D eigenvalue weighted by molar-refractivity contribution is 6.30. The summed E-state index contributed by atoms with van der Waals surface area (Å²) in [5.41, 5.74) is 0.471. The van der Waals surface area contributed by atoms with Crippen molar-refractivity contribution in [3.63, 3.8) is 0 Å². The maximum absolute atomic E-state index is 11.6. The molecule has 0 spiro atoms. The van der Waals surface area contributed by atoms with Crippen LogP contribution in [0.4, 0.5) is 5.82 Å². The van der Waals surface area contributed by atoms with Crippen molar-refractivity contribution in [3.05, 3.63) is 45.5 Å². The number of hydrogen-bond acceptors (Lipinski definition) is 5. The molecule has 1 N–H and O–H groups in total. The van der Waals surface area contributed by atoms with Gasteiger partial charge >= 0.3 is 5.69 Å². The Kier molecular flexibility index (Phi) is 4.68. The highest BCUT2D eigenvalue weighted by Crippen LogP contribution is 2.08. The highest BCUT2D eigenvalue weighted by atomic mass is 35.5. The Bertz CT molecular complexity index is 655. The zero-order chi connectivity index (χ0) is 14.5. The molecular formula is C13H16ClN5O. The fourth-order valence-corrected chi connectivity index (χ4v) is 1.91. The van der Waals surface area contributed by atoms with Crippen molar-refractivity contribution in [1.29, 1.82) is 0 Å². The van der Waals surface area contributed by atoms with Crippen LogP contribution in [-0.2, 0) is 6.54 Å². The molecule has 0 aliphatic rings. The summed E-state index contributed by atoms with van der Waals surface area (Å²) in [5, 5.41) is 3.61. The minimum Gasteiger partial charge on any atom is -0.370 e. The lowest BCUT2D eigenvalue weighted by Crippen LogP contribution is -2.23. The van der Waals surface area contributed by atoms with E-state index in [1.807, 2.05) is 13.0 Å². The van der Waals surface area contributed by atoms with Gasteiger partial charge in [-0.25, -0.2) is 19.7 Å². The Balaban J connectivity index is 2.26. The normalized spacial score (nSPS) is 10.6. The molecule has 2 aromatic heterocycles. The molecule has 6 nitrogen and oxygen atoms in total. The van der Waals surface area contributed by atoms with Crippen molar-refractivity contribution < 1.29 is 0 Å². The predicted octanol–water partition coefficient (Wildman–Crippen LogP) is 1.87. The molecule has 20 heavy (non-hydrogen) atoms. The van der Waals surface area contributed by atoms with Crippen molar-refractivity contribution in [3.8, 4) is 0 Å². The third-order valence-corrected chi connectivity index (χ3v) is 2.79. The molecule has 0 atom stereocenters. The van der Waals surface area contributed by atoms with E-state index in [9.17, 15) is 4.79 Å². The zero-order valence-electron chi connectivity index (χ0n) is 11.4. The van der Waals surface area contributed by atoms with Crippen LogP contribution in [0.3, 0.4) is 0 Å². The Hall–Kier alpha value is -1.95. The van der Waals surface area contributed by atoms with Crippen LogP contribution >= 0.6 is 11.6 Å². The van der Waals surface area contributed by atoms with E-state index >= 15 is 0 Å². The van der Waals surface area contributed by atoms with Crippen molar-refractivity contribution in [2.24, 2.45) is 0 Å². The summed E-state index contributed by atoms with van der Waals surface area (Å²) in [5.74, 6) is 1.31. The van der Waals surface area contributed by atoms with Gasteiger partial charge in [-0.3, -0.25) is 4.57 Å². The molecule has 0 saturated carbocycles. The lowest BCUT2D eigenvalue weighted by Gasteiger charge is -2.09. The first-order chi connectivity index (χ1) is 9.58. The Morgan fingerprint density at radius 2 is 2.20 bits per heavy atom. The van der Waals surface area contributed by atoms with Gasteiger partial charge in [0.2, 0.25) is 0 Å². The lowest BCUT2D eigenvalue weighted by atomic mass is 10.4. The standard InChI is InChI=1S/C13H16ClN5O/c1-3-4-15-11-5-9(2)17-12(18-11)8-19-7-10(14)6-16-13(19)20/h5-7H,3-4,8H2,1-2H3,(H,15,17,18). The summed E-state index contributed by atoms with van der Waals surface area (Å²) in [6, 6.07) is 1.87. The topological polar surface area (TPSA) is 72.7 Å². The van der Waals surface area contributed by atoms with Crippen LogP contribution in [0, 0.1) is 6.92 Å². The van der Waals surface area contributed by atoms with Gasteiger partial charge in [-0.15, -0.1) is 0 Å². The summed E-state index contributed by atoms with van der Waals surface area (Å²) < 4.78 is 1.39. The zero-order valence-corrected chi connectivity index (χ0v) is 12.2. The maximum atomic E-state index is 11.6. The molecule has 106 valence electrons. The van der Waals surface area contributed by atoms with Gasteiger partial charge in [-0.2, -0.15) is 0 Å². The van der Waals surface area contributed by atoms with Crippen molar-refractivity contribution in [2.45, 2.75) is 26.8 Å². The number of aromatic nitrogens is 4. The van der Waals surface area contributed by atoms with Gasteiger partial charge in [-0.05, 0) is 13.3 Å². The SMILES string of the molecule is CCCNc1cc(C)nc(Cn2cc(Cl)cnc2=O)n1. The van der Waals surface area contributed by atoms with Gasteiger partial charge in [-0.1, -0.05) is 18.5 Å². The van der Waals surface area contributed by atoms with E-state index in [2.05, 4.69) is 27.2 Å². The van der Waals surface area contributed by atoms with Crippen LogP contribution < -0.4 is 11.0 Å². The fourth-order valence-electron chi connectivity index (χ4n) is 1.74. The summed E-state index contributed by atoms with van der Waals surface area (Å²) in [7, 11) is 0. The van der Waals surface area contributed by atoms with E-state index in [4.69, 9.17) is 11.6 Å².